The number of hydrogen-bond donors (Lipinski definition) is 0. The maximum absolute atomic E-state index is 4.51. The van der Waals surface area contributed by atoms with Gasteiger partial charge >= 0.3 is 0 Å². The van der Waals surface area contributed by atoms with Crippen molar-refractivity contribution in [2.75, 3.05) is 0 Å². The third-order valence-corrected chi connectivity index (χ3v) is 1.37. The molecule has 0 heterocycles. The molecule has 74 valence electrons. The van der Waals surface area contributed by atoms with Crippen LogP contribution in [0.15, 0.2) is 28.8 Å². The van der Waals surface area contributed by atoms with Crippen molar-refractivity contribution in [1.82, 2.24) is 0 Å². The van der Waals surface area contributed by atoms with Gasteiger partial charge in [0.2, 0.25) is 0 Å². The van der Waals surface area contributed by atoms with E-state index >= 15 is 0 Å². The van der Waals surface area contributed by atoms with Gasteiger partial charge in [-0.05, 0) is 46.3 Å². The lowest BCUT2D eigenvalue weighted by molar-refractivity contribution is 0.838. The van der Waals surface area contributed by atoms with Crippen molar-refractivity contribution in [2.45, 2.75) is 47.1 Å². The standard InChI is InChI=1S/C12H21N/c1-6-7-8-12(9-10(2)3)13-11(4)5/h7-9,11H,6H2,1-5H3/b8-7+,13-12-. The molecule has 0 aliphatic carbocycles. The molecule has 0 unspecified atom stereocenters. The molecule has 0 fully saturated rings. The van der Waals surface area contributed by atoms with Crippen LogP contribution in [-0.4, -0.2) is 11.8 Å². The fourth-order valence-corrected chi connectivity index (χ4v) is 0.961. The molecule has 0 saturated heterocycles. The Morgan fingerprint density at radius 3 is 2.31 bits per heavy atom. The fraction of sp³-hybridized carbons (Fsp3) is 0.583. The molecule has 1 nitrogen and oxygen atoms in total. The average molecular weight is 179 g/mol. The highest BCUT2D eigenvalue weighted by Gasteiger charge is 1.91. The van der Waals surface area contributed by atoms with Gasteiger partial charge in [-0.1, -0.05) is 18.6 Å². The molecule has 0 spiro atoms. The van der Waals surface area contributed by atoms with Crippen molar-refractivity contribution < 1.29 is 0 Å². The maximum Gasteiger partial charge on any atom is 0.0573 e. The van der Waals surface area contributed by atoms with Gasteiger partial charge in [-0.3, -0.25) is 4.99 Å². The van der Waals surface area contributed by atoms with Gasteiger partial charge in [0, 0.05) is 6.04 Å². The summed E-state index contributed by atoms with van der Waals surface area (Å²) in [5, 5.41) is 0. The largest absolute Gasteiger partial charge is 0.283 e. The number of aliphatic imine (C=N–C) groups is 1. The predicted octanol–water partition coefficient (Wildman–Crippen LogP) is 3.77. The lowest BCUT2D eigenvalue weighted by Gasteiger charge is -1.99. The second-order valence-electron chi connectivity index (χ2n) is 3.68. The van der Waals surface area contributed by atoms with Crippen LogP contribution in [0, 0.1) is 0 Å². The minimum Gasteiger partial charge on any atom is -0.283 e. The van der Waals surface area contributed by atoms with E-state index in [1.165, 1.54) is 5.57 Å². The normalized spacial score (nSPS) is 12.6. The molecule has 0 aromatic heterocycles. The molecule has 0 radical (unpaired) electrons. The highest BCUT2D eigenvalue weighted by atomic mass is 14.8. The van der Waals surface area contributed by atoms with E-state index in [2.05, 4.69) is 57.8 Å². The van der Waals surface area contributed by atoms with Crippen LogP contribution in [0.1, 0.15) is 41.0 Å². The summed E-state index contributed by atoms with van der Waals surface area (Å²) in [4.78, 5) is 4.51. The third-order valence-electron chi connectivity index (χ3n) is 1.37. The van der Waals surface area contributed by atoms with Crippen molar-refractivity contribution in [3.63, 3.8) is 0 Å². The van der Waals surface area contributed by atoms with E-state index in [-0.39, 0.29) is 0 Å². The highest BCUT2D eigenvalue weighted by Crippen LogP contribution is 1.97. The Kier molecular flexibility index (Phi) is 6.21. The summed E-state index contributed by atoms with van der Waals surface area (Å²) in [5.74, 6) is 0. The van der Waals surface area contributed by atoms with Gasteiger partial charge in [0.25, 0.3) is 0 Å². The average Bonchev–Trinajstić information content (AvgIpc) is 1.98. The summed E-state index contributed by atoms with van der Waals surface area (Å²) < 4.78 is 0. The van der Waals surface area contributed by atoms with Crippen LogP contribution in [0.3, 0.4) is 0 Å². The minimum absolute atomic E-state index is 0.368. The number of rotatable bonds is 4. The van der Waals surface area contributed by atoms with E-state index in [9.17, 15) is 0 Å². The van der Waals surface area contributed by atoms with Gasteiger partial charge in [0.15, 0.2) is 0 Å². The first kappa shape index (κ1) is 12.2. The molecule has 0 N–H and O–H groups in total. The van der Waals surface area contributed by atoms with Gasteiger partial charge < -0.3 is 0 Å². The van der Waals surface area contributed by atoms with Gasteiger partial charge in [0.05, 0.1) is 5.71 Å². The van der Waals surface area contributed by atoms with E-state index < -0.39 is 0 Å². The maximum atomic E-state index is 4.51. The molecule has 0 atom stereocenters. The van der Waals surface area contributed by atoms with E-state index in [1.54, 1.807) is 0 Å². The van der Waals surface area contributed by atoms with Crippen molar-refractivity contribution in [2.24, 2.45) is 4.99 Å². The van der Waals surface area contributed by atoms with Gasteiger partial charge in [-0.15, -0.1) is 0 Å². The monoisotopic (exact) mass is 179 g/mol. The Balaban J connectivity index is 4.56. The van der Waals surface area contributed by atoms with E-state index in [1.807, 2.05) is 0 Å². The molecular weight excluding hydrogens is 158 g/mol. The summed E-state index contributed by atoms with van der Waals surface area (Å²) in [6.07, 6.45) is 7.41. The van der Waals surface area contributed by atoms with Crippen LogP contribution in [0.25, 0.3) is 0 Å². The van der Waals surface area contributed by atoms with Crippen molar-refractivity contribution in [1.29, 1.82) is 0 Å². The number of allylic oxidation sites excluding steroid dienone is 4. The molecule has 0 aromatic carbocycles. The van der Waals surface area contributed by atoms with Crippen LogP contribution in [0.5, 0.6) is 0 Å². The summed E-state index contributed by atoms with van der Waals surface area (Å²) in [7, 11) is 0. The Bertz CT molecular complexity index is 215. The Hall–Kier alpha value is -0.850. The number of hydrogen-bond acceptors (Lipinski definition) is 1. The highest BCUT2D eigenvalue weighted by molar-refractivity contribution is 6.04. The quantitative estimate of drug-likeness (QED) is 0.582. The first-order valence-electron chi connectivity index (χ1n) is 4.95. The van der Waals surface area contributed by atoms with E-state index in [4.69, 9.17) is 0 Å². The zero-order chi connectivity index (χ0) is 10.3. The zero-order valence-electron chi connectivity index (χ0n) is 9.46. The molecule has 0 saturated carbocycles. The SMILES string of the molecule is CC/C=C/C(C=C(C)C)=N/C(C)C. The fourth-order valence-electron chi connectivity index (χ4n) is 0.961. The lowest BCUT2D eigenvalue weighted by atomic mass is 10.2. The zero-order valence-corrected chi connectivity index (χ0v) is 9.46. The van der Waals surface area contributed by atoms with E-state index in [0.717, 1.165) is 12.1 Å². The van der Waals surface area contributed by atoms with Crippen LogP contribution < -0.4 is 0 Å². The summed E-state index contributed by atoms with van der Waals surface area (Å²) in [5.41, 5.74) is 2.37. The Morgan fingerprint density at radius 1 is 1.31 bits per heavy atom. The molecule has 0 amide bonds. The molecule has 13 heavy (non-hydrogen) atoms. The van der Waals surface area contributed by atoms with Gasteiger partial charge in [-0.2, -0.15) is 0 Å². The van der Waals surface area contributed by atoms with Crippen LogP contribution in [0.4, 0.5) is 0 Å². The van der Waals surface area contributed by atoms with Gasteiger partial charge in [-0.25, -0.2) is 0 Å². The molecule has 0 aromatic rings. The molecule has 1 heteroatoms. The topological polar surface area (TPSA) is 12.4 Å². The summed E-state index contributed by atoms with van der Waals surface area (Å²) in [6.45, 7) is 10.5. The molecule has 0 aliphatic rings. The summed E-state index contributed by atoms with van der Waals surface area (Å²) in [6, 6.07) is 0.368. The van der Waals surface area contributed by atoms with Crippen molar-refractivity contribution in [3.8, 4) is 0 Å². The van der Waals surface area contributed by atoms with Crippen molar-refractivity contribution >= 4 is 5.71 Å². The van der Waals surface area contributed by atoms with Crippen LogP contribution in [-0.2, 0) is 0 Å². The molecule has 0 rings (SSSR count). The second-order valence-corrected chi connectivity index (χ2v) is 3.68. The van der Waals surface area contributed by atoms with Crippen LogP contribution >= 0.6 is 0 Å². The van der Waals surface area contributed by atoms with Crippen molar-refractivity contribution in [3.05, 3.63) is 23.8 Å². The predicted molar refractivity (Wildman–Crippen MR) is 61.4 cm³/mol. The molecule has 0 aliphatic heterocycles. The Morgan fingerprint density at radius 2 is 1.92 bits per heavy atom. The van der Waals surface area contributed by atoms with Crippen LogP contribution in [0.2, 0.25) is 0 Å². The lowest BCUT2D eigenvalue weighted by Crippen LogP contribution is -1.97. The smallest absolute Gasteiger partial charge is 0.0573 e. The minimum atomic E-state index is 0.368. The third kappa shape index (κ3) is 7.51. The second kappa shape index (κ2) is 6.64. The number of nitrogens with zero attached hydrogens (tertiary/aromatic N) is 1. The Labute approximate surface area is 82.3 Å². The molecular formula is C12H21N. The first-order chi connectivity index (χ1) is 6.06. The first-order valence-corrected chi connectivity index (χ1v) is 4.95. The van der Waals surface area contributed by atoms with E-state index in [0.29, 0.717) is 6.04 Å². The summed E-state index contributed by atoms with van der Waals surface area (Å²) >= 11 is 0. The van der Waals surface area contributed by atoms with Gasteiger partial charge in [0.1, 0.15) is 0 Å². The molecule has 0 bridgehead atoms.